The van der Waals surface area contributed by atoms with Crippen molar-refractivity contribution in [1.29, 1.82) is 5.26 Å². The van der Waals surface area contributed by atoms with Crippen molar-refractivity contribution in [2.24, 2.45) is 0 Å². The van der Waals surface area contributed by atoms with E-state index in [-0.39, 0.29) is 23.0 Å². The zero-order chi connectivity index (χ0) is 36.9. The third kappa shape index (κ3) is 8.31. The van der Waals surface area contributed by atoms with Crippen LogP contribution in [0, 0.1) is 18.3 Å². The number of benzene rings is 3. The molecule has 0 saturated heterocycles. The summed E-state index contributed by atoms with van der Waals surface area (Å²) in [5.74, 6) is 0.535. The van der Waals surface area contributed by atoms with Gasteiger partial charge in [0.2, 0.25) is 11.7 Å². The fraction of sp³-hybridized carbons (Fsp3) is 0.222. The first-order chi connectivity index (χ1) is 24.2. The van der Waals surface area contributed by atoms with Crippen LogP contribution in [0.2, 0.25) is 0 Å². The monoisotopic (exact) mass is 698 g/mol. The van der Waals surface area contributed by atoms with Crippen LogP contribution in [0.15, 0.2) is 107 Å². The molecule has 262 valence electrons. The maximum atomic E-state index is 14.0. The van der Waals surface area contributed by atoms with Gasteiger partial charge in [-0.1, -0.05) is 47.6 Å². The first kappa shape index (κ1) is 36.0. The Bertz CT molecular complexity index is 2190. The summed E-state index contributed by atoms with van der Waals surface area (Å²) in [7, 11) is 5.86. The minimum absolute atomic E-state index is 0.0835. The summed E-state index contributed by atoms with van der Waals surface area (Å²) < 4.78 is 50.0. The molecule has 0 spiro atoms. The van der Waals surface area contributed by atoms with Crippen LogP contribution >= 0.6 is 0 Å². The van der Waals surface area contributed by atoms with E-state index in [4.69, 9.17) is 4.52 Å². The summed E-state index contributed by atoms with van der Waals surface area (Å²) in [6.07, 6.45) is -3.20. The normalized spacial score (nSPS) is 12.1. The van der Waals surface area contributed by atoms with Crippen LogP contribution in [0.25, 0.3) is 22.8 Å². The van der Waals surface area contributed by atoms with Gasteiger partial charge in [-0.15, -0.1) is 0 Å². The van der Waals surface area contributed by atoms with E-state index in [1.807, 2.05) is 63.6 Å². The summed E-state index contributed by atoms with van der Waals surface area (Å²) in [6, 6.07) is 24.6. The van der Waals surface area contributed by atoms with E-state index in [0.29, 0.717) is 33.8 Å². The van der Waals surface area contributed by atoms with Gasteiger partial charge >= 0.3 is 17.9 Å². The van der Waals surface area contributed by atoms with Crippen LogP contribution in [0.1, 0.15) is 41.5 Å². The highest BCUT2D eigenvalue weighted by Crippen LogP contribution is 2.32. The van der Waals surface area contributed by atoms with E-state index in [9.17, 15) is 28.0 Å². The van der Waals surface area contributed by atoms with Gasteiger partial charge in [-0.25, -0.2) is 18.8 Å². The lowest BCUT2D eigenvalue weighted by molar-refractivity contribution is -0.884. The Balaban J connectivity index is 0.000000761. The number of nitriles is 1. The van der Waals surface area contributed by atoms with Gasteiger partial charge in [0.05, 0.1) is 67.3 Å². The van der Waals surface area contributed by atoms with Crippen LogP contribution in [0.3, 0.4) is 0 Å². The molecule has 51 heavy (non-hydrogen) atoms. The number of quaternary nitrogens is 1. The maximum absolute atomic E-state index is 14.0. The van der Waals surface area contributed by atoms with Gasteiger partial charge in [0, 0.05) is 0 Å². The molecule has 6 rings (SSSR count). The summed E-state index contributed by atoms with van der Waals surface area (Å²) >= 11 is 0. The second-order valence-corrected chi connectivity index (χ2v) is 12.5. The van der Waals surface area contributed by atoms with Crippen molar-refractivity contribution in [2.45, 2.75) is 32.6 Å². The number of aromatic nitrogens is 6. The predicted molar refractivity (Wildman–Crippen MR) is 182 cm³/mol. The topological polar surface area (TPSA) is 137 Å². The Morgan fingerprint density at radius 3 is 2.22 bits per heavy atom. The average molecular weight is 699 g/mol. The number of nitrogens with one attached hydrogen (secondary N) is 1. The van der Waals surface area contributed by atoms with Crippen molar-refractivity contribution >= 4 is 6.03 Å². The lowest BCUT2D eigenvalue weighted by atomic mass is 10.2. The Hall–Kier alpha value is -6.27. The van der Waals surface area contributed by atoms with Crippen molar-refractivity contribution in [3.05, 3.63) is 136 Å². The summed E-state index contributed by atoms with van der Waals surface area (Å²) in [5, 5.41) is 20.2. The molecule has 3 heterocycles. The second kappa shape index (κ2) is 14.7. The summed E-state index contributed by atoms with van der Waals surface area (Å²) in [5.41, 5.74) is -0.456. The molecule has 3 aromatic heterocycles. The molecule has 0 fully saturated rings. The number of carbonyl (C=O) groups is 1. The van der Waals surface area contributed by atoms with Gasteiger partial charge in [0.15, 0.2) is 0 Å². The molecular formula is C36H35F3N9O3+. The fourth-order valence-corrected chi connectivity index (χ4v) is 5.21. The average Bonchev–Trinajstić information content (AvgIpc) is 3.82. The number of hydrogen-bond acceptors (Lipinski definition) is 7. The number of rotatable bonds is 7. The Morgan fingerprint density at radius 2 is 1.63 bits per heavy atom. The third-order valence-corrected chi connectivity index (χ3v) is 7.52. The van der Waals surface area contributed by atoms with Gasteiger partial charge in [0.1, 0.15) is 18.3 Å². The second-order valence-electron chi connectivity index (χ2n) is 12.5. The lowest BCUT2D eigenvalue weighted by Crippen LogP contribution is -2.38. The standard InChI is InChI=1S/C30H28F3N9O3.C6H6/c1-18(27-37-25(38-45-27)17-42(3,4)5)36-28(43)40-26(24-13-14-35-41(24)22-11-9-20(16-34)10-12-22)19(2)39(29(40)44)23-8-6-7-21(15-23)30(31,32)33;1-2-4-6-5-3-1/h6-15,18H,17H2,1-5H3;1-6H/p+1/t18-;/m0./s1. The van der Waals surface area contributed by atoms with Crippen LogP contribution in [-0.2, 0) is 12.7 Å². The molecule has 12 nitrogen and oxygen atoms in total. The molecule has 0 aliphatic carbocycles. The van der Waals surface area contributed by atoms with E-state index in [1.165, 1.54) is 29.9 Å². The molecule has 15 heteroatoms. The molecule has 0 aliphatic heterocycles. The van der Waals surface area contributed by atoms with Crippen molar-refractivity contribution in [3.8, 4) is 28.8 Å². The molecule has 1 atom stereocenters. The van der Waals surface area contributed by atoms with Gasteiger partial charge in [0.25, 0.3) is 0 Å². The van der Waals surface area contributed by atoms with Crippen LogP contribution in [0.5, 0.6) is 0 Å². The van der Waals surface area contributed by atoms with Crippen molar-refractivity contribution in [2.75, 3.05) is 21.1 Å². The smallest absolute Gasteiger partial charge is 0.337 e. The number of hydrogen-bond donors (Lipinski definition) is 1. The van der Waals surface area contributed by atoms with E-state index < -0.39 is 29.5 Å². The summed E-state index contributed by atoms with van der Waals surface area (Å²) in [4.78, 5) is 32.2. The van der Waals surface area contributed by atoms with E-state index in [2.05, 4.69) is 20.6 Å². The van der Waals surface area contributed by atoms with Crippen LogP contribution in [-0.4, -0.2) is 60.7 Å². The first-order valence-corrected chi connectivity index (χ1v) is 15.7. The predicted octanol–water partition coefficient (Wildman–Crippen LogP) is 6.29. The Morgan fingerprint density at radius 1 is 0.980 bits per heavy atom. The van der Waals surface area contributed by atoms with E-state index >= 15 is 0 Å². The largest absolute Gasteiger partial charge is 0.416 e. The zero-order valence-corrected chi connectivity index (χ0v) is 28.5. The maximum Gasteiger partial charge on any atom is 0.416 e. The highest BCUT2D eigenvalue weighted by Gasteiger charge is 2.32. The molecule has 6 aromatic rings. The van der Waals surface area contributed by atoms with Crippen LogP contribution < -0.4 is 11.0 Å². The fourth-order valence-electron chi connectivity index (χ4n) is 5.21. The molecule has 1 amide bonds. The first-order valence-electron chi connectivity index (χ1n) is 15.7. The minimum atomic E-state index is -4.66. The number of amides is 1. The Kier molecular flexibility index (Phi) is 10.4. The van der Waals surface area contributed by atoms with Crippen LogP contribution in [0.4, 0.5) is 18.0 Å². The molecule has 0 unspecified atom stereocenters. The highest BCUT2D eigenvalue weighted by molar-refractivity contribution is 5.83. The van der Waals surface area contributed by atoms with E-state index in [0.717, 1.165) is 21.3 Å². The summed E-state index contributed by atoms with van der Waals surface area (Å²) in [6.45, 7) is 3.59. The lowest BCUT2D eigenvalue weighted by Gasteiger charge is -2.21. The third-order valence-electron chi connectivity index (χ3n) is 7.52. The zero-order valence-electron chi connectivity index (χ0n) is 28.5. The number of nitrogens with zero attached hydrogens (tertiary/aromatic N) is 8. The molecule has 0 aliphatic rings. The van der Waals surface area contributed by atoms with Crippen molar-refractivity contribution in [3.63, 3.8) is 0 Å². The van der Waals surface area contributed by atoms with E-state index in [1.54, 1.807) is 37.3 Å². The highest BCUT2D eigenvalue weighted by atomic mass is 19.4. The molecular weight excluding hydrogens is 663 g/mol. The molecule has 0 radical (unpaired) electrons. The van der Waals surface area contributed by atoms with Gasteiger partial charge < -0.3 is 14.3 Å². The quantitative estimate of drug-likeness (QED) is 0.194. The van der Waals surface area contributed by atoms with Gasteiger partial charge in [-0.05, 0) is 62.4 Å². The molecule has 0 bridgehead atoms. The van der Waals surface area contributed by atoms with Crippen molar-refractivity contribution in [1.82, 2.24) is 34.4 Å². The number of imidazole rings is 1. The number of alkyl halides is 3. The SMILES string of the molecule is Cc1c(-c2ccnn2-c2ccc(C#N)cc2)n(C(=O)N[C@@H](C)c2nc(C[N+](C)(C)C)no2)c(=O)n1-c1cccc(C(F)(F)F)c1.c1ccccc1. The molecule has 0 saturated carbocycles. The Labute approximate surface area is 291 Å². The van der Waals surface area contributed by atoms with Crippen molar-refractivity contribution < 1.29 is 27.0 Å². The van der Waals surface area contributed by atoms with Gasteiger partial charge in [-0.3, -0.25) is 4.57 Å². The molecule has 1 N–H and O–H groups in total. The minimum Gasteiger partial charge on any atom is -0.337 e. The van der Waals surface area contributed by atoms with Gasteiger partial charge in [-0.2, -0.15) is 28.5 Å². The number of carbonyl (C=O) groups excluding carboxylic acids is 1. The molecule has 3 aromatic carbocycles. The number of halogens is 3.